The molecule has 1 fully saturated rings. The zero-order chi connectivity index (χ0) is 11.5. The van der Waals surface area contributed by atoms with Crippen molar-refractivity contribution >= 4 is 11.7 Å². The van der Waals surface area contributed by atoms with Gasteiger partial charge in [0.2, 0.25) is 5.91 Å². The van der Waals surface area contributed by atoms with Gasteiger partial charge in [0.1, 0.15) is 5.82 Å². The van der Waals surface area contributed by atoms with E-state index in [0.717, 1.165) is 31.4 Å². The van der Waals surface area contributed by atoms with Gasteiger partial charge in [-0.05, 0) is 25.3 Å². The first-order chi connectivity index (χ1) is 7.70. The van der Waals surface area contributed by atoms with Crippen LogP contribution in [0.2, 0.25) is 0 Å². The Hall–Kier alpha value is -1.58. The van der Waals surface area contributed by atoms with Crippen molar-refractivity contribution in [3.8, 4) is 0 Å². The van der Waals surface area contributed by atoms with Gasteiger partial charge < -0.3 is 10.6 Å². The summed E-state index contributed by atoms with van der Waals surface area (Å²) in [5, 5.41) is 0. The van der Waals surface area contributed by atoms with Crippen LogP contribution in [0, 0.1) is 0 Å². The maximum absolute atomic E-state index is 11.6. The quantitative estimate of drug-likeness (QED) is 0.782. The van der Waals surface area contributed by atoms with E-state index in [1.807, 2.05) is 17.0 Å². The van der Waals surface area contributed by atoms with Crippen molar-refractivity contribution in [3.05, 3.63) is 23.9 Å². The van der Waals surface area contributed by atoms with E-state index in [1.54, 1.807) is 13.1 Å². The van der Waals surface area contributed by atoms with Gasteiger partial charge >= 0.3 is 0 Å². The fourth-order valence-corrected chi connectivity index (χ4v) is 2.34. The summed E-state index contributed by atoms with van der Waals surface area (Å²) >= 11 is 0. The monoisotopic (exact) mass is 219 g/mol. The molecule has 0 aromatic carbocycles. The van der Waals surface area contributed by atoms with E-state index < -0.39 is 0 Å². The minimum absolute atomic E-state index is 0.111. The van der Waals surface area contributed by atoms with E-state index in [9.17, 15) is 4.79 Å². The third-order valence-electron chi connectivity index (χ3n) is 3.14. The van der Waals surface area contributed by atoms with Crippen molar-refractivity contribution in [2.45, 2.75) is 32.2 Å². The number of nitrogens with zero attached hydrogens (tertiary/aromatic N) is 2. The molecule has 0 spiro atoms. The van der Waals surface area contributed by atoms with E-state index in [2.05, 4.69) is 4.98 Å². The number of carbonyl (C=O) groups excluding carboxylic acids is 1. The molecule has 0 radical (unpaired) electrons. The summed E-state index contributed by atoms with van der Waals surface area (Å²) in [5.74, 6) is 0.661. The van der Waals surface area contributed by atoms with Crippen LogP contribution in [0.4, 0.5) is 5.82 Å². The van der Waals surface area contributed by atoms with Gasteiger partial charge in [0.15, 0.2) is 0 Å². The van der Waals surface area contributed by atoms with E-state index >= 15 is 0 Å². The van der Waals surface area contributed by atoms with E-state index in [0.29, 0.717) is 5.82 Å². The van der Waals surface area contributed by atoms with Gasteiger partial charge in [-0.1, -0.05) is 6.07 Å². The lowest BCUT2D eigenvalue weighted by molar-refractivity contribution is -0.132. The highest BCUT2D eigenvalue weighted by molar-refractivity contribution is 5.74. The zero-order valence-corrected chi connectivity index (χ0v) is 9.52. The minimum atomic E-state index is 0.111. The number of likely N-dealkylation sites (tertiary alicyclic amines) is 1. The van der Waals surface area contributed by atoms with Crippen LogP contribution in [0.3, 0.4) is 0 Å². The summed E-state index contributed by atoms with van der Waals surface area (Å²) < 4.78 is 0. The molecule has 0 aliphatic carbocycles. The molecule has 0 unspecified atom stereocenters. The first kappa shape index (κ1) is 10.9. The lowest BCUT2D eigenvalue weighted by atomic mass is 9.95. The van der Waals surface area contributed by atoms with Gasteiger partial charge in [0.25, 0.3) is 0 Å². The van der Waals surface area contributed by atoms with Gasteiger partial charge in [-0.2, -0.15) is 0 Å². The molecule has 1 amide bonds. The normalized spacial score (nSPS) is 20.8. The fraction of sp³-hybridized carbons (Fsp3) is 0.500. The number of rotatable bonds is 1. The number of hydrogen-bond acceptors (Lipinski definition) is 3. The number of nitrogens with two attached hydrogens (primary N) is 1. The molecule has 86 valence electrons. The van der Waals surface area contributed by atoms with E-state index in [4.69, 9.17) is 5.73 Å². The maximum Gasteiger partial charge on any atom is 0.219 e. The van der Waals surface area contributed by atoms with Gasteiger partial charge in [-0.15, -0.1) is 0 Å². The second-order valence-electron chi connectivity index (χ2n) is 4.20. The van der Waals surface area contributed by atoms with Crippen LogP contribution in [0.1, 0.15) is 37.8 Å². The average Bonchev–Trinajstić information content (AvgIpc) is 2.29. The first-order valence-electron chi connectivity index (χ1n) is 5.67. The Balaban J connectivity index is 2.30. The number of nitrogen functional groups attached to an aromatic ring is 1. The number of hydrogen-bond donors (Lipinski definition) is 1. The van der Waals surface area contributed by atoms with Crippen molar-refractivity contribution in [1.82, 2.24) is 9.88 Å². The van der Waals surface area contributed by atoms with Crippen molar-refractivity contribution in [2.75, 3.05) is 12.3 Å². The molecule has 1 saturated heterocycles. The largest absolute Gasteiger partial charge is 0.383 e. The van der Waals surface area contributed by atoms with E-state index in [1.165, 1.54) is 0 Å². The number of piperidine rings is 1. The van der Waals surface area contributed by atoms with Crippen LogP contribution in [-0.2, 0) is 4.79 Å². The van der Waals surface area contributed by atoms with Crippen molar-refractivity contribution in [3.63, 3.8) is 0 Å². The Kier molecular flexibility index (Phi) is 3.08. The number of aromatic nitrogens is 1. The molecule has 4 nitrogen and oxygen atoms in total. The Labute approximate surface area is 95.5 Å². The van der Waals surface area contributed by atoms with Crippen molar-refractivity contribution < 1.29 is 4.79 Å². The van der Waals surface area contributed by atoms with Gasteiger partial charge in [0, 0.05) is 25.2 Å². The number of carbonyl (C=O) groups is 1. The van der Waals surface area contributed by atoms with Gasteiger partial charge in [-0.25, -0.2) is 4.98 Å². The molecule has 2 heterocycles. The highest BCUT2D eigenvalue weighted by Crippen LogP contribution is 2.32. The van der Waals surface area contributed by atoms with Crippen LogP contribution in [0.5, 0.6) is 0 Å². The Bertz CT molecular complexity index is 392. The molecule has 1 aliphatic heterocycles. The predicted octanol–water partition coefficient (Wildman–Crippen LogP) is 1.74. The molecule has 0 bridgehead atoms. The molecular formula is C12H17N3O. The highest BCUT2D eigenvalue weighted by Gasteiger charge is 2.27. The minimum Gasteiger partial charge on any atom is -0.383 e. The summed E-state index contributed by atoms with van der Waals surface area (Å²) in [4.78, 5) is 17.5. The lowest BCUT2D eigenvalue weighted by Crippen LogP contribution is -2.37. The maximum atomic E-state index is 11.6. The molecule has 0 saturated carbocycles. The van der Waals surface area contributed by atoms with Crippen LogP contribution in [0.25, 0.3) is 0 Å². The number of anilines is 1. The van der Waals surface area contributed by atoms with Crippen molar-refractivity contribution in [2.24, 2.45) is 0 Å². The highest BCUT2D eigenvalue weighted by atomic mass is 16.2. The lowest BCUT2D eigenvalue weighted by Gasteiger charge is -2.35. The van der Waals surface area contributed by atoms with Crippen LogP contribution in [0.15, 0.2) is 18.3 Å². The van der Waals surface area contributed by atoms with Crippen LogP contribution in [-0.4, -0.2) is 22.3 Å². The second-order valence-corrected chi connectivity index (χ2v) is 4.20. The SMILES string of the molecule is CC(=O)N1CCCC[C@H]1c1cccnc1N. The van der Waals surface area contributed by atoms with E-state index in [-0.39, 0.29) is 11.9 Å². The predicted molar refractivity (Wildman–Crippen MR) is 62.6 cm³/mol. The summed E-state index contributed by atoms with van der Waals surface area (Å²) in [5.41, 5.74) is 6.85. The molecule has 16 heavy (non-hydrogen) atoms. The molecule has 1 aliphatic rings. The Morgan fingerprint density at radius 1 is 1.56 bits per heavy atom. The van der Waals surface area contributed by atoms with Gasteiger partial charge in [0.05, 0.1) is 6.04 Å². The third-order valence-corrected chi connectivity index (χ3v) is 3.14. The summed E-state index contributed by atoms with van der Waals surface area (Å²) in [6.45, 7) is 2.44. The third kappa shape index (κ3) is 2.01. The molecule has 1 atom stereocenters. The van der Waals surface area contributed by atoms with Gasteiger partial charge in [-0.3, -0.25) is 4.79 Å². The summed E-state index contributed by atoms with van der Waals surface area (Å²) in [6.07, 6.45) is 4.88. The molecule has 4 heteroatoms. The average molecular weight is 219 g/mol. The molecule has 2 rings (SSSR count). The molecule has 1 aromatic heterocycles. The molecule has 2 N–H and O–H groups in total. The molecule has 1 aromatic rings. The second kappa shape index (κ2) is 4.51. The summed E-state index contributed by atoms with van der Waals surface area (Å²) in [6, 6.07) is 3.95. The molecular weight excluding hydrogens is 202 g/mol. The van der Waals surface area contributed by atoms with Crippen LogP contribution >= 0.6 is 0 Å². The first-order valence-corrected chi connectivity index (χ1v) is 5.67. The Morgan fingerprint density at radius 2 is 2.38 bits per heavy atom. The standard InChI is InChI=1S/C12H17N3O/c1-9(16)15-8-3-2-6-11(15)10-5-4-7-14-12(10)13/h4-5,7,11H,2-3,6,8H2,1H3,(H2,13,14)/t11-/m0/s1. The smallest absolute Gasteiger partial charge is 0.219 e. The summed E-state index contributed by atoms with van der Waals surface area (Å²) in [7, 11) is 0. The number of pyridine rings is 1. The Morgan fingerprint density at radius 3 is 3.06 bits per heavy atom. The van der Waals surface area contributed by atoms with Crippen molar-refractivity contribution in [1.29, 1.82) is 0 Å². The fourth-order valence-electron chi connectivity index (χ4n) is 2.34. The number of amides is 1. The van der Waals surface area contributed by atoms with Crippen LogP contribution < -0.4 is 5.73 Å². The zero-order valence-electron chi connectivity index (χ0n) is 9.52. The topological polar surface area (TPSA) is 59.2 Å².